The molecule has 2 aromatic carbocycles. The summed E-state index contributed by atoms with van der Waals surface area (Å²) in [6.45, 7) is 0.315. The zero-order valence-electron chi connectivity index (χ0n) is 12.7. The molecule has 0 spiro atoms. The first-order valence-electron chi connectivity index (χ1n) is 7.59. The van der Waals surface area contributed by atoms with Gasteiger partial charge in [0, 0.05) is 11.3 Å². The van der Waals surface area contributed by atoms with E-state index in [4.69, 9.17) is 4.42 Å². The molecule has 1 heterocycles. The molecule has 0 aliphatic heterocycles. The van der Waals surface area contributed by atoms with Crippen LogP contribution in [0.1, 0.15) is 17.4 Å². The van der Waals surface area contributed by atoms with E-state index in [0.29, 0.717) is 6.54 Å². The molecule has 116 valence electrons. The monoisotopic (exact) mass is 307 g/mol. The molecule has 1 amide bonds. The van der Waals surface area contributed by atoms with Crippen LogP contribution in [0.4, 0.5) is 5.69 Å². The Hall–Kier alpha value is -2.85. The van der Waals surface area contributed by atoms with Gasteiger partial charge in [-0.2, -0.15) is 0 Å². The zero-order valence-corrected chi connectivity index (χ0v) is 12.7. The average molecular weight is 307 g/mol. The lowest BCUT2D eigenvalue weighted by atomic mass is 10.0. The van der Waals surface area contributed by atoms with Crippen LogP contribution in [0.25, 0.3) is 0 Å². The van der Waals surface area contributed by atoms with E-state index in [-0.39, 0.29) is 11.9 Å². The quantitative estimate of drug-likeness (QED) is 0.735. The fraction of sp³-hybridized carbons (Fsp3) is 0.105. The van der Waals surface area contributed by atoms with Crippen LogP contribution in [0.5, 0.6) is 0 Å². The maximum Gasteiger partial charge on any atom is 0.279 e. The Morgan fingerprint density at radius 2 is 1.65 bits per heavy atom. The second-order valence-electron chi connectivity index (χ2n) is 5.26. The van der Waals surface area contributed by atoms with Gasteiger partial charge in [-0.15, -0.1) is 0 Å². The summed E-state index contributed by atoms with van der Waals surface area (Å²) in [7, 11) is 0. The molecule has 0 unspecified atom stereocenters. The Morgan fingerprint density at radius 1 is 0.957 bits per heavy atom. The van der Waals surface area contributed by atoms with Gasteiger partial charge in [0.1, 0.15) is 0 Å². The minimum absolute atomic E-state index is 0.0345. The van der Waals surface area contributed by atoms with Gasteiger partial charge in [-0.3, -0.25) is 4.79 Å². The summed E-state index contributed by atoms with van der Waals surface area (Å²) in [5.41, 5.74) is 1.91. The predicted octanol–water partition coefficient (Wildman–Crippen LogP) is 2.57. The first-order valence-corrected chi connectivity index (χ1v) is 7.59. The van der Waals surface area contributed by atoms with Crippen molar-refractivity contribution in [3.8, 4) is 0 Å². The SMILES string of the molecule is O=C(C[NH2+][C@H](c1ccccc1)c1ccco1)Nc1ccccc1. The summed E-state index contributed by atoms with van der Waals surface area (Å²) in [4.78, 5) is 12.1. The lowest BCUT2D eigenvalue weighted by molar-refractivity contribution is -0.678. The highest BCUT2D eigenvalue weighted by Crippen LogP contribution is 2.18. The number of nitrogens with two attached hydrogens (primary N) is 1. The fourth-order valence-corrected chi connectivity index (χ4v) is 2.50. The molecule has 0 aliphatic rings. The molecule has 4 nitrogen and oxygen atoms in total. The number of rotatable bonds is 6. The van der Waals surface area contributed by atoms with E-state index < -0.39 is 0 Å². The van der Waals surface area contributed by atoms with Gasteiger partial charge in [0.2, 0.25) is 0 Å². The van der Waals surface area contributed by atoms with Gasteiger partial charge in [-0.05, 0) is 24.3 Å². The van der Waals surface area contributed by atoms with Crippen LogP contribution in [0.3, 0.4) is 0 Å². The molecule has 0 saturated heterocycles. The minimum Gasteiger partial charge on any atom is -0.463 e. The largest absolute Gasteiger partial charge is 0.463 e. The Balaban J connectivity index is 1.66. The summed E-state index contributed by atoms with van der Waals surface area (Å²) in [6.07, 6.45) is 1.66. The topological polar surface area (TPSA) is 58.9 Å². The summed E-state index contributed by atoms with van der Waals surface area (Å²) in [5.74, 6) is 0.799. The maximum absolute atomic E-state index is 12.1. The summed E-state index contributed by atoms with van der Waals surface area (Å²) in [6, 6.07) is 23.3. The number of anilines is 1. The minimum atomic E-state index is -0.0383. The molecule has 3 aromatic rings. The molecule has 4 heteroatoms. The van der Waals surface area contributed by atoms with Gasteiger partial charge in [0.25, 0.3) is 5.91 Å². The van der Waals surface area contributed by atoms with Gasteiger partial charge in [0.05, 0.1) is 6.26 Å². The van der Waals surface area contributed by atoms with Crippen molar-refractivity contribution in [2.75, 3.05) is 11.9 Å². The third kappa shape index (κ3) is 4.08. The number of carbonyl (C=O) groups excluding carboxylic acids is 1. The van der Waals surface area contributed by atoms with Crippen LogP contribution >= 0.6 is 0 Å². The van der Waals surface area contributed by atoms with Crippen LogP contribution in [0.2, 0.25) is 0 Å². The number of carbonyl (C=O) groups is 1. The summed E-state index contributed by atoms with van der Waals surface area (Å²) >= 11 is 0. The lowest BCUT2D eigenvalue weighted by Gasteiger charge is -2.14. The van der Waals surface area contributed by atoms with Crippen LogP contribution in [0.15, 0.2) is 83.5 Å². The van der Waals surface area contributed by atoms with Crippen molar-refractivity contribution in [1.29, 1.82) is 0 Å². The van der Waals surface area contributed by atoms with Crippen LogP contribution in [0, 0.1) is 0 Å². The number of quaternary nitrogens is 1. The number of para-hydroxylation sites is 1. The zero-order chi connectivity index (χ0) is 15.9. The highest BCUT2D eigenvalue weighted by Gasteiger charge is 2.21. The van der Waals surface area contributed by atoms with Crippen LogP contribution in [-0.2, 0) is 4.79 Å². The van der Waals surface area contributed by atoms with Gasteiger partial charge in [-0.25, -0.2) is 0 Å². The molecule has 0 fully saturated rings. The van der Waals surface area contributed by atoms with Crippen LogP contribution in [-0.4, -0.2) is 12.5 Å². The smallest absolute Gasteiger partial charge is 0.279 e. The van der Waals surface area contributed by atoms with Gasteiger partial charge < -0.3 is 15.1 Å². The Labute approximate surface area is 135 Å². The highest BCUT2D eigenvalue weighted by atomic mass is 16.3. The molecule has 3 N–H and O–H groups in total. The van der Waals surface area contributed by atoms with Crippen molar-refractivity contribution in [1.82, 2.24) is 0 Å². The van der Waals surface area contributed by atoms with Gasteiger partial charge >= 0.3 is 0 Å². The fourth-order valence-electron chi connectivity index (χ4n) is 2.50. The second-order valence-corrected chi connectivity index (χ2v) is 5.26. The number of benzene rings is 2. The number of nitrogens with one attached hydrogen (secondary N) is 1. The molecule has 0 saturated carbocycles. The van der Waals surface area contributed by atoms with Crippen molar-refractivity contribution < 1.29 is 14.5 Å². The normalized spacial score (nSPS) is 11.8. The first-order chi connectivity index (χ1) is 11.3. The van der Waals surface area contributed by atoms with E-state index in [0.717, 1.165) is 17.0 Å². The third-order valence-electron chi connectivity index (χ3n) is 3.60. The Morgan fingerprint density at radius 3 is 2.30 bits per heavy atom. The highest BCUT2D eigenvalue weighted by molar-refractivity contribution is 5.91. The lowest BCUT2D eigenvalue weighted by Crippen LogP contribution is -2.87. The maximum atomic E-state index is 12.1. The predicted molar refractivity (Wildman–Crippen MR) is 88.9 cm³/mol. The molecular formula is C19H19N2O2+. The number of hydrogen-bond donors (Lipinski definition) is 2. The third-order valence-corrected chi connectivity index (χ3v) is 3.60. The molecule has 1 atom stereocenters. The van der Waals surface area contributed by atoms with Gasteiger partial charge in [-0.1, -0.05) is 48.5 Å². The summed E-state index contributed by atoms with van der Waals surface area (Å²) < 4.78 is 5.54. The second kappa shape index (κ2) is 7.42. The standard InChI is InChI=1S/C19H18N2O2/c22-18(21-16-10-5-2-6-11-16)14-20-19(17-12-7-13-23-17)15-8-3-1-4-9-15/h1-13,19-20H,14H2,(H,21,22)/p+1/t19-/m1/s1. The Kier molecular flexibility index (Phi) is 4.86. The van der Waals surface area contributed by atoms with Crippen LogP contribution < -0.4 is 10.6 Å². The van der Waals surface area contributed by atoms with E-state index in [9.17, 15) is 4.79 Å². The van der Waals surface area contributed by atoms with Crippen molar-refractivity contribution in [3.05, 3.63) is 90.4 Å². The van der Waals surface area contributed by atoms with E-state index in [1.54, 1.807) is 6.26 Å². The molecule has 0 bridgehead atoms. The summed E-state index contributed by atoms with van der Waals surface area (Å²) in [5, 5.41) is 4.87. The molecule has 1 aromatic heterocycles. The van der Waals surface area contributed by atoms with Crippen molar-refractivity contribution in [2.45, 2.75) is 6.04 Å². The van der Waals surface area contributed by atoms with E-state index >= 15 is 0 Å². The van der Waals surface area contributed by atoms with Crippen molar-refractivity contribution in [2.24, 2.45) is 0 Å². The van der Waals surface area contributed by atoms with E-state index in [1.165, 1.54) is 0 Å². The number of furan rings is 1. The molecule has 23 heavy (non-hydrogen) atoms. The molecule has 0 radical (unpaired) electrons. The van der Waals surface area contributed by atoms with E-state index in [2.05, 4.69) is 5.32 Å². The molecular weight excluding hydrogens is 288 g/mol. The first kappa shape index (κ1) is 15.1. The van der Waals surface area contributed by atoms with Gasteiger partial charge in [0.15, 0.2) is 18.3 Å². The number of amides is 1. The molecule has 3 rings (SSSR count). The Bertz CT molecular complexity index is 725. The average Bonchev–Trinajstić information content (AvgIpc) is 3.11. The van der Waals surface area contributed by atoms with E-state index in [1.807, 2.05) is 78.1 Å². The van der Waals surface area contributed by atoms with Crippen molar-refractivity contribution >= 4 is 11.6 Å². The van der Waals surface area contributed by atoms with Crippen molar-refractivity contribution in [3.63, 3.8) is 0 Å². The molecule has 0 aliphatic carbocycles. The number of hydrogen-bond acceptors (Lipinski definition) is 2.